The fourth-order valence-corrected chi connectivity index (χ4v) is 3.27. The summed E-state index contributed by atoms with van der Waals surface area (Å²) in [6, 6.07) is 3.68. The van der Waals surface area contributed by atoms with Crippen LogP contribution >= 0.6 is 24.8 Å². The molecule has 0 aliphatic rings. The molecule has 0 aromatic carbocycles. The molecule has 41 heavy (non-hydrogen) atoms. The molecule has 5 rings (SSSR count). The van der Waals surface area contributed by atoms with Crippen molar-refractivity contribution in [2.45, 2.75) is 45.2 Å². The Morgan fingerprint density at radius 1 is 0.976 bits per heavy atom. The molecule has 0 bridgehead atoms. The van der Waals surface area contributed by atoms with E-state index in [-0.39, 0.29) is 24.8 Å². The molecule has 0 atom stereocenters. The Labute approximate surface area is 248 Å². The zero-order valence-corrected chi connectivity index (χ0v) is 23.7. The van der Waals surface area contributed by atoms with Gasteiger partial charge in [-0.05, 0) is 42.5 Å². The number of rotatable bonds is 10. The van der Waals surface area contributed by atoms with E-state index in [1.807, 2.05) is 16.9 Å². The lowest BCUT2D eigenvalue weighted by Gasteiger charge is -1.96. The van der Waals surface area contributed by atoms with Crippen molar-refractivity contribution < 1.29 is 8.83 Å². The molecule has 218 valence electrons. The van der Waals surface area contributed by atoms with Gasteiger partial charge in [0.15, 0.2) is 11.9 Å². The van der Waals surface area contributed by atoms with Gasteiger partial charge in [0.2, 0.25) is 0 Å². The van der Waals surface area contributed by atoms with E-state index in [9.17, 15) is 0 Å². The lowest BCUT2D eigenvalue weighted by molar-refractivity contribution is 0.558. The average Bonchev–Trinajstić information content (AvgIpc) is 3.76. The summed E-state index contributed by atoms with van der Waals surface area (Å²) in [4.78, 5) is 16.3. The SMILES string of the molecule is C#CCCc1cnc(N)[nH]1.Cl.Cl.Nc1ncc(CCCc2cn(Cc3ccoc3)nn2)[nH]1.[N-]=[N+]=NCc1ccoc1. The normalized spacial score (nSPS) is 9.44. The molecule has 16 heteroatoms. The maximum absolute atomic E-state index is 7.89. The summed E-state index contributed by atoms with van der Waals surface area (Å²) in [6.07, 6.45) is 21.3. The van der Waals surface area contributed by atoms with E-state index >= 15 is 0 Å². The first-order valence-corrected chi connectivity index (χ1v) is 12.0. The number of furan rings is 2. The zero-order valence-electron chi connectivity index (χ0n) is 22.1. The topological polar surface area (TPSA) is 215 Å². The van der Waals surface area contributed by atoms with E-state index < -0.39 is 0 Å². The van der Waals surface area contributed by atoms with Gasteiger partial charge in [-0.25, -0.2) is 14.6 Å². The van der Waals surface area contributed by atoms with E-state index in [2.05, 4.69) is 46.2 Å². The van der Waals surface area contributed by atoms with Crippen molar-refractivity contribution in [3.05, 3.63) is 94.4 Å². The van der Waals surface area contributed by atoms with E-state index in [0.29, 0.717) is 25.0 Å². The third-order valence-electron chi connectivity index (χ3n) is 5.12. The Balaban J connectivity index is 0.000000339. The number of hydrogen-bond donors (Lipinski definition) is 4. The van der Waals surface area contributed by atoms with Crippen LogP contribution in [0.2, 0.25) is 0 Å². The predicted octanol–water partition coefficient (Wildman–Crippen LogP) is 4.89. The molecule has 6 N–H and O–H groups in total. The minimum atomic E-state index is 0. The highest BCUT2D eigenvalue weighted by Gasteiger charge is 2.04. The van der Waals surface area contributed by atoms with Gasteiger partial charge in [0, 0.05) is 40.9 Å². The molecule has 5 aromatic rings. The first-order chi connectivity index (χ1) is 19.1. The number of nitrogens with one attached hydrogen (secondary N) is 2. The summed E-state index contributed by atoms with van der Waals surface area (Å²) >= 11 is 0. The number of halogens is 2. The molecule has 0 fully saturated rings. The average molecular weight is 604 g/mol. The second-order valence-electron chi connectivity index (χ2n) is 8.20. The number of anilines is 2. The van der Waals surface area contributed by atoms with Crippen LogP contribution in [0.1, 0.15) is 41.1 Å². The molecule has 0 saturated heterocycles. The number of nitrogens with zero attached hydrogens (tertiary/aromatic N) is 8. The number of aromatic nitrogens is 7. The van der Waals surface area contributed by atoms with Crippen LogP contribution in [0, 0.1) is 12.3 Å². The number of aromatic amines is 2. The van der Waals surface area contributed by atoms with Crippen molar-refractivity contribution in [3.63, 3.8) is 0 Å². The lowest BCUT2D eigenvalue weighted by atomic mass is 10.2. The molecule has 5 heterocycles. The molecule has 0 saturated carbocycles. The summed E-state index contributed by atoms with van der Waals surface area (Å²) in [6.45, 7) is 1.05. The van der Waals surface area contributed by atoms with Crippen LogP contribution in [0.15, 0.2) is 69.7 Å². The second-order valence-corrected chi connectivity index (χ2v) is 8.20. The van der Waals surface area contributed by atoms with E-state index in [0.717, 1.165) is 60.3 Å². The summed E-state index contributed by atoms with van der Waals surface area (Å²) in [5.74, 6) is 3.45. The molecule has 0 radical (unpaired) electrons. The number of imidazole rings is 2. The van der Waals surface area contributed by atoms with Gasteiger partial charge in [0.05, 0.1) is 56.2 Å². The molecular weight excluding hydrogens is 571 g/mol. The van der Waals surface area contributed by atoms with Gasteiger partial charge in [0.25, 0.3) is 0 Å². The standard InChI is InChI=1S/C13H16N6O.C7H9N3.C5H5N3O.2ClH/c14-13-15-6-11(16-13)2-1-3-12-8-19(18-17-12)7-10-4-5-20-9-10;1-2-3-4-6-5-9-7(8)10-6;6-8-7-3-5-1-2-9-4-5;;/h4-6,8-9H,1-3,7H2,(H3,14,15,16);1,5H,3-4H2,(H3,8,9,10);1-2,4H,3H2;2*1H. The quantitative estimate of drug-likeness (QED) is 0.0744. The van der Waals surface area contributed by atoms with Gasteiger partial charge < -0.3 is 30.3 Å². The monoisotopic (exact) mass is 602 g/mol. The van der Waals surface area contributed by atoms with Gasteiger partial charge >= 0.3 is 0 Å². The summed E-state index contributed by atoms with van der Waals surface area (Å²) in [7, 11) is 0. The molecular formula is C25H32Cl2N12O2. The highest BCUT2D eigenvalue weighted by Crippen LogP contribution is 2.07. The minimum absolute atomic E-state index is 0. The van der Waals surface area contributed by atoms with Crippen LogP contribution in [0.25, 0.3) is 10.4 Å². The van der Waals surface area contributed by atoms with Gasteiger partial charge in [0.1, 0.15) is 0 Å². The van der Waals surface area contributed by atoms with Crippen LogP contribution in [0.5, 0.6) is 0 Å². The van der Waals surface area contributed by atoms with Crippen molar-refractivity contribution in [2.75, 3.05) is 11.5 Å². The molecule has 0 aliphatic heterocycles. The predicted molar refractivity (Wildman–Crippen MR) is 159 cm³/mol. The lowest BCUT2D eigenvalue weighted by Crippen LogP contribution is -1.98. The van der Waals surface area contributed by atoms with Crippen molar-refractivity contribution >= 4 is 36.7 Å². The Bertz CT molecular complexity index is 1450. The van der Waals surface area contributed by atoms with Gasteiger partial charge in [-0.3, -0.25) is 0 Å². The Kier molecular flexibility index (Phi) is 16.1. The number of hydrogen-bond acceptors (Lipinski definition) is 9. The molecule has 5 aromatic heterocycles. The van der Waals surface area contributed by atoms with Gasteiger partial charge in [-0.2, -0.15) is 0 Å². The van der Waals surface area contributed by atoms with Crippen LogP contribution < -0.4 is 11.5 Å². The smallest absolute Gasteiger partial charge is 0.197 e. The van der Waals surface area contributed by atoms with Crippen LogP contribution in [-0.4, -0.2) is 34.9 Å². The number of H-pyrrole nitrogens is 2. The van der Waals surface area contributed by atoms with Gasteiger partial charge in [-0.1, -0.05) is 10.3 Å². The number of aryl methyl sites for hydroxylation is 3. The highest BCUT2D eigenvalue weighted by atomic mass is 35.5. The maximum atomic E-state index is 7.89. The number of azide groups is 1. The third kappa shape index (κ3) is 13.2. The van der Waals surface area contributed by atoms with E-state index in [1.165, 1.54) is 0 Å². The Morgan fingerprint density at radius 2 is 1.61 bits per heavy atom. The Hall–Kier alpha value is -4.83. The van der Waals surface area contributed by atoms with Crippen LogP contribution in [0.4, 0.5) is 11.9 Å². The summed E-state index contributed by atoms with van der Waals surface area (Å²) in [5, 5.41) is 11.6. The zero-order chi connectivity index (χ0) is 27.7. The number of nitrogen functional groups attached to an aromatic ring is 2. The molecule has 0 aliphatic carbocycles. The molecule has 0 amide bonds. The first-order valence-electron chi connectivity index (χ1n) is 12.0. The third-order valence-corrected chi connectivity index (χ3v) is 5.12. The van der Waals surface area contributed by atoms with Gasteiger partial charge in [-0.15, -0.1) is 42.3 Å². The highest BCUT2D eigenvalue weighted by molar-refractivity contribution is 5.85. The van der Waals surface area contributed by atoms with E-state index in [1.54, 1.807) is 43.5 Å². The largest absolute Gasteiger partial charge is 0.472 e. The fourth-order valence-electron chi connectivity index (χ4n) is 3.27. The van der Waals surface area contributed by atoms with Crippen molar-refractivity contribution in [3.8, 4) is 12.3 Å². The van der Waals surface area contributed by atoms with Crippen LogP contribution in [-0.2, 0) is 32.4 Å². The molecule has 14 nitrogen and oxygen atoms in total. The summed E-state index contributed by atoms with van der Waals surface area (Å²) < 4.78 is 11.6. The molecule has 0 unspecified atom stereocenters. The van der Waals surface area contributed by atoms with E-state index in [4.69, 9.17) is 32.3 Å². The minimum Gasteiger partial charge on any atom is -0.472 e. The van der Waals surface area contributed by atoms with Crippen LogP contribution in [0.3, 0.4) is 0 Å². The molecule has 0 spiro atoms. The van der Waals surface area contributed by atoms with Crippen molar-refractivity contribution in [2.24, 2.45) is 5.11 Å². The number of terminal acetylenes is 1. The summed E-state index contributed by atoms with van der Waals surface area (Å²) in [5.41, 5.74) is 23.8. The fraction of sp³-hybridized carbons (Fsp3) is 0.280. The van der Waals surface area contributed by atoms with Crippen molar-refractivity contribution in [1.29, 1.82) is 0 Å². The Morgan fingerprint density at radius 3 is 2.15 bits per heavy atom. The second kappa shape index (κ2) is 19.3. The van der Waals surface area contributed by atoms with Crippen molar-refractivity contribution in [1.82, 2.24) is 34.9 Å². The number of nitrogens with two attached hydrogens (primary N) is 2. The maximum Gasteiger partial charge on any atom is 0.197 e. The first kappa shape index (κ1) is 34.2.